The highest BCUT2D eigenvalue weighted by Crippen LogP contribution is 2.20. The maximum atomic E-state index is 13.7. The average molecular weight is 385 g/mol. The first-order valence-corrected chi connectivity index (χ1v) is 9.79. The van der Waals surface area contributed by atoms with Gasteiger partial charge >= 0.3 is 0 Å². The van der Waals surface area contributed by atoms with Gasteiger partial charge in [0, 0.05) is 11.3 Å². The van der Waals surface area contributed by atoms with E-state index in [9.17, 15) is 17.6 Å². The number of sulfone groups is 1. The van der Waals surface area contributed by atoms with Gasteiger partial charge in [-0.2, -0.15) is 0 Å². The Kier molecular flexibility index (Phi) is 5.27. The summed E-state index contributed by atoms with van der Waals surface area (Å²) in [5.41, 5.74) is 1.65. The third-order valence-corrected chi connectivity index (χ3v) is 5.51. The molecule has 3 aromatic rings. The lowest BCUT2D eigenvalue weighted by Gasteiger charge is -2.07. The van der Waals surface area contributed by atoms with E-state index in [2.05, 4.69) is 15.5 Å². The Labute approximate surface area is 156 Å². The van der Waals surface area contributed by atoms with Crippen LogP contribution in [0.4, 0.5) is 10.1 Å². The Morgan fingerprint density at radius 2 is 1.70 bits per heavy atom. The average Bonchev–Trinajstić information content (AvgIpc) is 2.69. The molecule has 0 spiro atoms. The highest BCUT2D eigenvalue weighted by molar-refractivity contribution is 7.91. The molecule has 0 aliphatic carbocycles. The smallest absolute Gasteiger partial charge is 0.258 e. The van der Waals surface area contributed by atoms with Crippen LogP contribution in [0.1, 0.15) is 17.3 Å². The maximum Gasteiger partial charge on any atom is 0.258 e. The van der Waals surface area contributed by atoms with E-state index in [1.807, 2.05) is 0 Å². The highest BCUT2D eigenvalue weighted by atomic mass is 32.2. The molecular weight excluding hydrogens is 369 g/mol. The molecule has 1 heterocycles. The van der Waals surface area contributed by atoms with Crippen molar-refractivity contribution in [2.75, 3.05) is 11.1 Å². The van der Waals surface area contributed by atoms with Crippen LogP contribution in [0.2, 0.25) is 0 Å². The number of hydrogen-bond acceptors (Lipinski definition) is 5. The van der Waals surface area contributed by atoms with Gasteiger partial charge < -0.3 is 5.32 Å². The third-order valence-electron chi connectivity index (χ3n) is 3.90. The van der Waals surface area contributed by atoms with E-state index in [4.69, 9.17) is 0 Å². The summed E-state index contributed by atoms with van der Waals surface area (Å²) < 4.78 is 37.2. The van der Waals surface area contributed by atoms with Crippen LogP contribution in [0.15, 0.2) is 65.7 Å². The molecule has 0 fully saturated rings. The number of benzene rings is 2. The zero-order valence-corrected chi connectivity index (χ0v) is 15.2. The molecule has 0 saturated heterocycles. The number of halogens is 1. The minimum Gasteiger partial charge on any atom is -0.322 e. The summed E-state index contributed by atoms with van der Waals surface area (Å²) >= 11 is 0. The molecule has 6 nitrogen and oxygen atoms in total. The SMILES string of the molecule is CCS(=O)(=O)c1ccc(-c2ccc(NC(=O)c3ccccc3F)cc2)nn1. The predicted molar refractivity (Wildman–Crippen MR) is 99.5 cm³/mol. The van der Waals surface area contributed by atoms with E-state index < -0.39 is 21.6 Å². The summed E-state index contributed by atoms with van der Waals surface area (Å²) in [5, 5.41) is 10.3. The number of nitrogens with zero attached hydrogens (tertiary/aromatic N) is 2. The van der Waals surface area contributed by atoms with Crippen LogP contribution in [0.5, 0.6) is 0 Å². The molecule has 0 atom stereocenters. The number of hydrogen-bond donors (Lipinski definition) is 1. The minimum absolute atomic E-state index is 0.0415. The van der Waals surface area contributed by atoms with Gasteiger partial charge in [-0.15, -0.1) is 10.2 Å². The molecule has 0 unspecified atom stereocenters. The van der Waals surface area contributed by atoms with E-state index in [1.54, 1.807) is 43.3 Å². The van der Waals surface area contributed by atoms with E-state index >= 15 is 0 Å². The first-order valence-electron chi connectivity index (χ1n) is 8.13. The maximum absolute atomic E-state index is 13.7. The van der Waals surface area contributed by atoms with Crippen molar-refractivity contribution in [3.63, 3.8) is 0 Å². The van der Waals surface area contributed by atoms with Gasteiger partial charge in [0.25, 0.3) is 5.91 Å². The van der Waals surface area contributed by atoms with Crippen LogP contribution >= 0.6 is 0 Å². The molecule has 0 radical (unpaired) electrons. The number of aromatic nitrogens is 2. The molecular formula is C19H16FN3O3S. The van der Waals surface area contributed by atoms with Crippen LogP contribution in [-0.4, -0.2) is 30.3 Å². The van der Waals surface area contributed by atoms with Gasteiger partial charge in [-0.25, -0.2) is 12.8 Å². The molecule has 138 valence electrons. The van der Waals surface area contributed by atoms with Crippen LogP contribution in [0, 0.1) is 5.82 Å². The highest BCUT2D eigenvalue weighted by Gasteiger charge is 2.14. The standard InChI is InChI=1S/C19H16FN3O3S/c1-2-27(25,26)18-12-11-17(22-23-18)13-7-9-14(10-8-13)21-19(24)15-5-3-4-6-16(15)20/h3-12H,2H2,1H3,(H,21,24). The summed E-state index contributed by atoms with van der Waals surface area (Å²) in [5.74, 6) is -1.18. The summed E-state index contributed by atoms with van der Waals surface area (Å²) in [4.78, 5) is 12.1. The largest absolute Gasteiger partial charge is 0.322 e. The Hall–Kier alpha value is -3.13. The Morgan fingerprint density at radius 3 is 2.30 bits per heavy atom. The third kappa shape index (κ3) is 4.17. The molecule has 3 rings (SSSR count). The Balaban J connectivity index is 1.76. The number of carbonyl (C=O) groups is 1. The van der Waals surface area contributed by atoms with Gasteiger partial charge in [0.2, 0.25) is 0 Å². The Morgan fingerprint density at radius 1 is 1.00 bits per heavy atom. The molecule has 2 aromatic carbocycles. The lowest BCUT2D eigenvalue weighted by atomic mass is 10.1. The van der Waals surface area contributed by atoms with Crippen molar-refractivity contribution in [2.24, 2.45) is 0 Å². The van der Waals surface area contributed by atoms with Gasteiger partial charge in [-0.1, -0.05) is 31.2 Å². The molecule has 1 N–H and O–H groups in total. The van der Waals surface area contributed by atoms with Crippen molar-refractivity contribution in [3.8, 4) is 11.3 Å². The first-order chi connectivity index (χ1) is 12.9. The lowest BCUT2D eigenvalue weighted by Crippen LogP contribution is -2.13. The zero-order valence-electron chi connectivity index (χ0n) is 14.4. The van der Waals surface area contributed by atoms with Gasteiger partial charge in [-0.3, -0.25) is 4.79 Å². The van der Waals surface area contributed by atoms with E-state index in [0.29, 0.717) is 16.9 Å². The fourth-order valence-corrected chi connectivity index (χ4v) is 3.09. The van der Waals surface area contributed by atoms with Crippen molar-refractivity contribution in [1.82, 2.24) is 10.2 Å². The van der Waals surface area contributed by atoms with Gasteiger partial charge in [-0.05, 0) is 36.4 Å². The summed E-state index contributed by atoms with van der Waals surface area (Å²) in [6, 6.07) is 15.4. The molecule has 0 bridgehead atoms. The predicted octanol–water partition coefficient (Wildman–Crippen LogP) is 3.33. The van der Waals surface area contributed by atoms with Crippen LogP contribution in [0.3, 0.4) is 0 Å². The molecule has 27 heavy (non-hydrogen) atoms. The van der Waals surface area contributed by atoms with E-state index in [1.165, 1.54) is 24.3 Å². The van der Waals surface area contributed by atoms with E-state index in [-0.39, 0.29) is 16.3 Å². The summed E-state index contributed by atoms with van der Waals surface area (Å²) in [7, 11) is -3.40. The van der Waals surface area contributed by atoms with Crippen LogP contribution < -0.4 is 5.32 Å². The second kappa shape index (κ2) is 7.63. The topological polar surface area (TPSA) is 89.0 Å². The quantitative estimate of drug-likeness (QED) is 0.728. The molecule has 1 amide bonds. The van der Waals surface area contributed by atoms with E-state index in [0.717, 1.165) is 0 Å². The lowest BCUT2D eigenvalue weighted by molar-refractivity contribution is 0.102. The molecule has 0 saturated carbocycles. The summed E-state index contributed by atoms with van der Waals surface area (Å²) in [6.07, 6.45) is 0. The second-order valence-electron chi connectivity index (χ2n) is 5.67. The van der Waals surface area contributed by atoms with Crippen molar-refractivity contribution < 1.29 is 17.6 Å². The van der Waals surface area contributed by atoms with Crippen LogP contribution in [0.25, 0.3) is 11.3 Å². The van der Waals surface area contributed by atoms with Gasteiger partial charge in [0.15, 0.2) is 14.9 Å². The molecule has 0 aliphatic rings. The van der Waals surface area contributed by atoms with Gasteiger partial charge in [0.05, 0.1) is 17.0 Å². The zero-order chi connectivity index (χ0) is 19.4. The molecule has 1 aromatic heterocycles. The van der Waals surface area contributed by atoms with Crippen molar-refractivity contribution in [2.45, 2.75) is 11.9 Å². The van der Waals surface area contributed by atoms with Crippen molar-refractivity contribution in [3.05, 3.63) is 72.0 Å². The number of nitrogens with one attached hydrogen (secondary N) is 1. The van der Waals surface area contributed by atoms with Crippen molar-refractivity contribution >= 4 is 21.4 Å². The fourth-order valence-electron chi connectivity index (χ4n) is 2.36. The number of anilines is 1. The molecule has 0 aliphatic heterocycles. The normalized spacial score (nSPS) is 11.2. The van der Waals surface area contributed by atoms with Crippen molar-refractivity contribution in [1.29, 1.82) is 0 Å². The van der Waals surface area contributed by atoms with Gasteiger partial charge in [0.1, 0.15) is 5.82 Å². The van der Waals surface area contributed by atoms with Crippen LogP contribution in [-0.2, 0) is 9.84 Å². The fraction of sp³-hybridized carbons (Fsp3) is 0.105. The molecule has 8 heteroatoms. The minimum atomic E-state index is -3.40. The monoisotopic (exact) mass is 385 g/mol. The first kappa shape index (κ1) is 18.7. The number of amides is 1. The summed E-state index contributed by atoms with van der Waals surface area (Å²) in [6.45, 7) is 1.54. The number of carbonyl (C=O) groups excluding carboxylic acids is 1. The number of rotatable bonds is 5. The second-order valence-corrected chi connectivity index (χ2v) is 7.90. The Bertz CT molecular complexity index is 1070.